The van der Waals surface area contributed by atoms with E-state index in [0.717, 1.165) is 19.3 Å². The summed E-state index contributed by atoms with van der Waals surface area (Å²) in [6.45, 7) is -0.0961. The van der Waals surface area contributed by atoms with Crippen molar-refractivity contribution in [2.24, 2.45) is 5.10 Å². The lowest BCUT2D eigenvalue weighted by Gasteiger charge is -2.09. The Morgan fingerprint density at radius 3 is 2.53 bits per heavy atom. The van der Waals surface area contributed by atoms with Crippen molar-refractivity contribution in [3.8, 4) is 5.75 Å². The van der Waals surface area contributed by atoms with Gasteiger partial charge < -0.3 is 10.1 Å². The largest absolute Gasteiger partial charge is 0.484 e. The monoisotopic (exact) mass is 577 g/mol. The number of rotatable bonds is 7. The van der Waals surface area contributed by atoms with Crippen molar-refractivity contribution in [2.45, 2.75) is 0 Å². The lowest BCUT2D eigenvalue weighted by molar-refractivity contribution is -0.118. The van der Waals surface area contributed by atoms with Crippen LogP contribution < -0.4 is 15.5 Å². The summed E-state index contributed by atoms with van der Waals surface area (Å²) in [5, 5.41) is 6.77. The van der Waals surface area contributed by atoms with E-state index in [2.05, 4.69) is 54.4 Å². The fourth-order valence-corrected chi connectivity index (χ4v) is 3.33. The molecule has 0 aromatic heterocycles. The van der Waals surface area contributed by atoms with Crippen LogP contribution in [0.5, 0.6) is 5.75 Å². The van der Waals surface area contributed by atoms with Crippen LogP contribution in [-0.4, -0.2) is 24.6 Å². The Morgan fingerprint density at radius 1 is 1.03 bits per heavy atom. The Balaban J connectivity index is 1.47. The van der Waals surface area contributed by atoms with E-state index in [1.54, 1.807) is 42.5 Å². The van der Waals surface area contributed by atoms with Gasteiger partial charge in [-0.1, -0.05) is 34.1 Å². The fourth-order valence-electron chi connectivity index (χ4n) is 2.41. The smallest absolute Gasteiger partial charge is 0.271 e. The number of hydrazone groups is 1. The molecule has 152 valence electrons. The molecule has 6 nitrogen and oxygen atoms in total. The molecule has 0 saturated carbocycles. The molecule has 2 N–H and O–H groups in total. The standard InChI is InChI=1S/C22H17BrIN3O3/c23-17-5-3-4-16(12-17)22(29)27-25-13-15-8-10-18(11-9-15)30-14-21(28)26-20-7-2-1-6-19(20)24/h1-13H,14H2,(H,26,28)(H,27,29)/b25-13-. The molecular weight excluding hydrogens is 561 g/mol. The van der Waals surface area contributed by atoms with Crippen LogP contribution in [-0.2, 0) is 4.79 Å². The van der Waals surface area contributed by atoms with Gasteiger partial charge in [0, 0.05) is 13.6 Å². The molecule has 0 aliphatic rings. The van der Waals surface area contributed by atoms with Gasteiger partial charge in [0.25, 0.3) is 11.8 Å². The van der Waals surface area contributed by atoms with Crippen LogP contribution in [0.4, 0.5) is 5.69 Å². The molecule has 0 aliphatic heterocycles. The van der Waals surface area contributed by atoms with E-state index < -0.39 is 0 Å². The lowest BCUT2D eigenvalue weighted by atomic mass is 10.2. The Morgan fingerprint density at radius 2 is 1.80 bits per heavy atom. The second-order valence-corrected chi connectivity index (χ2v) is 8.17. The SMILES string of the molecule is O=C(COc1ccc(/C=N\NC(=O)c2cccc(Br)c2)cc1)Nc1ccccc1I. The highest BCUT2D eigenvalue weighted by atomic mass is 127. The van der Waals surface area contributed by atoms with Crippen LogP contribution in [0.15, 0.2) is 82.4 Å². The van der Waals surface area contributed by atoms with Crippen LogP contribution >= 0.6 is 38.5 Å². The van der Waals surface area contributed by atoms with Crippen molar-refractivity contribution in [1.82, 2.24) is 5.43 Å². The Labute approximate surface area is 196 Å². The van der Waals surface area contributed by atoms with Gasteiger partial charge in [-0.3, -0.25) is 9.59 Å². The number of para-hydroxylation sites is 1. The minimum Gasteiger partial charge on any atom is -0.484 e. The second kappa shape index (κ2) is 10.9. The molecule has 0 unspecified atom stereocenters. The quantitative estimate of drug-likeness (QED) is 0.240. The predicted octanol–water partition coefficient (Wildman–Crippen LogP) is 4.84. The zero-order valence-electron chi connectivity index (χ0n) is 15.6. The molecule has 0 heterocycles. The molecule has 0 aliphatic carbocycles. The second-order valence-electron chi connectivity index (χ2n) is 6.10. The van der Waals surface area contributed by atoms with Gasteiger partial charge in [-0.2, -0.15) is 5.10 Å². The van der Waals surface area contributed by atoms with E-state index in [1.165, 1.54) is 6.21 Å². The number of nitrogens with one attached hydrogen (secondary N) is 2. The molecule has 3 aromatic carbocycles. The molecule has 0 radical (unpaired) electrons. The third-order valence-corrected chi connectivity index (χ3v) is 5.30. The van der Waals surface area contributed by atoms with Crippen LogP contribution in [0.25, 0.3) is 0 Å². The number of hydrogen-bond acceptors (Lipinski definition) is 4. The fraction of sp³-hybridized carbons (Fsp3) is 0.0455. The first-order valence-corrected chi connectivity index (χ1v) is 10.7. The van der Waals surface area contributed by atoms with Crippen molar-refractivity contribution in [3.05, 3.63) is 92.0 Å². The third-order valence-electron chi connectivity index (χ3n) is 3.86. The molecule has 0 bridgehead atoms. The number of anilines is 1. The first kappa shape index (κ1) is 22.0. The Bertz CT molecular complexity index is 1070. The zero-order chi connectivity index (χ0) is 21.3. The summed E-state index contributed by atoms with van der Waals surface area (Å²) in [5.74, 6) is 0.0230. The third kappa shape index (κ3) is 6.67. The molecular formula is C22H17BrIN3O3. The Kier molecular flexibility index (Phi) is 7.97. The Hall–Kier alpha value is -2.72. The zero-order valence-corrected chi connectivity index (χ0v) is 19.4. The van der Waals surface area contributed by atoms with Crippen LogP contribution in [0.2, 0.25) is 0 Å². The van der Waals surface area contributed by atoms with E-state index >= 15 is 0 Å². The molecule has 3 aromatic rings. The number of carbonyl (C=O) groups excluding carboxylic acids is 2. The van der Waals surface area contributed by atoms with Crippen LogP contribution in [0, 0.1) is 3.57 Å². The highest BCUT2D eigenvalue weighted by Crippen LogP contribution is 2.17. The highest BCUT2D eigenvalue weighted by Gasteiger charge is 2.06. The molecule has 3 rings (SSSR count). The van der Waals surface area contributed by atoms with Gasteiger partial charge in [-0.25, -0.2) is 5.43 Å². The van der Waals surface area contributed by atoms with Crippen molar-refractivity contribution < 1.29 is 14.3 Å². The minimum absolute atomic E-state index is 0.0961. The van der Waals surface area contributed by atoms with Gasteiger partial charge in [0.1, 0.15) is 5.75 Å². The van der Waals surface area contributed by atoms with Crippen molar-refractivity contribution in [3.63, 3.8) is 0 Å². The van der Waals surface area contributed by atoms with Gasteiger partial charge in [-0.15, -0.1) is 0 Å². The first-order valence-electron chi connectivity index (χ1n) is 8.87. The number of amides is 2. The average Bonchev–Trinajstić information content (AvgIpc) is 2.75. The van der Waals surface area contributed by atoms with Gasteiger partial charge in [0.05, 0.1) is 11.9 Å². The van der Waals surface area contributed by atoms with E-state index in [-0.39, 0.29) is 18.4 Å². The minimum atomic E-state index is -0.299. The van der Waals surface area contributed by atoms with Crippen molar-refractivity contribution in [2.75, 3.05) is 11.9 Å². The van der Waals surface area contributed by atoms with Gasteiger partial charge in [0.15, 0.2) is 6.61 Å². The number of hydrogen-bond donors (Lipinski definition) is 2. The lowest BCUT2D eigenvalue weighted by Crippen LogP contribution is -2.20. The summed E-state index contributed by atoms with van der Waals surface area (Å²) in [5.41, 5.74) is 4.52. The van der Waals surface area contributed by atoms with Crippen molar-refractivity contribution >= 4 is 62.2 Å². The summed E-state index contributed by atoms with van der Waals surface area (Å²) < 4.78 is 7.29. The number of ether oxygens (including phenoxy) is 1. The number of carbonyl (C=O) groups is 2. The summed E-state index contributed by atoms with van der Waals surface area (Å²) in [4.78, 5) is 24.1. The average molecular weight is 578 g/mol. The number of halogens is 2. The van der Waals surface area contributed by atoms with Crippen molar-refractivity contribution in [1.29, 1.82) is 0 Å². The van der Waals surface area contributed by atoms with Gasteiger partial charge in [0.2, 0.25) is 0 Å². The molecule has 2 amide bonds. The molecule has 0 saturated heterocycles. The van der Waals surface area contributed by atoms with E-state index in [0.29, 0.717) is 11.3 Å². The van der Waals surface area contributed by atoms with E-state index in [1.807, 2.05) is 30.3 Å². The molecule has 8 heteroatoms. The molecule has 0 spiro atoms. The molecule has 30 heavy (non-hydrogen) atoms. The number of nitrogens with zero attached hydrogens (tertiary/aromatic N) is 1. The van der Waals surface area contributed by atoms with E-state index in [9.17, 15) is 9.59 Å². The number of benzene rings is 3. The summed E-state index contributed by atoms with van der Waals surface area (Å²) >= 11 is 5.49. The van der Waals surface area contributed by atoms with Gasteiger partial charge in [-0.05, 0) is 82.8 Å². The molecule has 0 fully saturated rings. The van der Waals surface area contributed by atoms with E-state index in [4.69, 9.17) is 4.74 Å². The topological polar surface area (TPSA) is 79.8 Å². The normalized spacial score (nSPS) is 10.6. The highest BCUT2D eigenvalue weighted by molar-refractivity contribution is 14.1. The maximum atomic E-state index is 12.0. The van der Waals surface area contributed by atoms with Gasteiger partial charge >= 0.3 is 0 Å². The summed E-state index contributed by atoms with van der Waals surface area (Å²) in [6, 6.07) is 21.6. The first-order chi connectivity index (χ1) is 14.5. The van der Waals surface area contributed by atoms with Crippen LogP contribution in [0.1, 0.15) is 15.9 Å². The maximum Gasteiger partial charge on any atom is 0.271 e. The van der Waals surface area contributed by atoms with Crippen LogP contribution in [0.3, 0.4) is 0 Å². The summed E-state index contributed by atoms with van der Waals surface area (Å²) in [7, 11) is 0. The molecule has 0 atom stereocenters. The summed E-state index contributed by atoms with van der Waals surface area (Å²) in [6.07, 6.45) is 1.53. The predicted molar refractivity (Wildman–Crippen MR) is 129 cm³/mol. The maximum absolute atomic E-state index is 12.0.